The minimum atomic E-state index is -3.66. The highest BCUT2D eigenvalue weighted by molar-refractivity contribution is 7.92. The molecule has 9 heteroatoms. The molecule has 150 valence electrons. The molecule has 2 aromatic heterocycles. The lowest BCUT2D eigenvalue weighted by Gasteiger charge is -2.29. The van der Waals surface area contributed by atoms with Crippen molar-refractivity contribution in [1.82, 2.24) is 9.97 Å². The van der Waals surface area contributed by atoms with Crippen molar-refractivity contribution in [1.29, 1.82) is 0 Å². The molecule has 0 unspecified atom stereocenters. The summed E-state index contributed by atoms with van der Waals surface area (Å²) in [5.74, 6) is 0.309. The number of hydrogen-bond donors (Lipinski definition) is 1. The second kappa shape index (κ2) is 7.57. The van der Waals surface area contributed by atoms with Crippen molar-refractivity contribution >= 4 is 38.2 Å². The van der Waals surface area contributed by atoms with E-state index in [2.05, 4.69) is 15.3 Å². The number of amides is 1. The molecule has 0 saturated heterocycles. The van der Waals surface area contributed by atoms with E-state index in [9.17, 15) is 13.2 Å². The topological polar surface area (TPSA) is 92.3 Å². The first kappa shape index (κ1) is 19.5. The number of nitrogens with one attached hydrogen (secondary N) is 1. The summed E-state index contributed by atoms with van der Waals surface area (Å²) in [5, 5.41) is 3.24. The Morgan fingerprint density at radius 2 is 2.00 bits per heavy atom. The van der Waals surface area contributed by atoms with Gasteiger partial charge in [0.2, 0.25) is 5.91 Å². The first-order valence-corrected chi connectivity index (χ1v) is 11.4. The number of carbonyl (C=O) groups is 1. The molecule has 1 aliphatic heterocycles. The SMILES string of the molecule is CC(=O)Nc1nc(C)c(-c2cnc3c(c2)CCCN3S(=O)(=O)c2ccccc2)s1. The van der Waals surface area contributed by atoms with Gasteiger partial charge in [-0.25, -0.2) is 22.7 Å². The van der Waals surface area contributed by atoms with Gasteiger partial charge in [-0.05, 0) is 43.5 Å². The molecule has 1 aliphatic rings. The fourth-order valence-corrected chi connectivity index (χ4v) is 5.89. The summed E-state index contributed by atoms with van der Waals surface area (Å²) < 4.78 is 27.6. The van der Waals surface area contributed by atoms with Crippen molar-refractivity contribution in [2.45, 2.75) is 31.6 Å². The number of fused-ring (bicyclic) bond motifs is 1. The van der Waals surface area contributed by atoms with Crippen LogP contribution in [0.4, 0.5) is 10.9 Å². The van der Waals surface area contributed by atoms with Gasteiger partial charge in [0.05, 0.1) is 15.5 Å². The van der Waals surface area contributed by atoms with Crippen LogP contribution in [-0.4, -0.2) is 30.8 Å². The number of aryl methyl sites for hydroxylation is 2. The second-order valence-electron chi connectivity index (χ2n) is 6.82. The molecule has 1 N–H and O–H groups in total. The van der Waals surface area contributed by atoms with E-state index in [0.29, 0.717) is 17.5 Å². The Morgan fingerprint density at radius 1 is 1.24 bits per heavy atom. The van der Waals surface area contributed by atoms with Crippen LogP contribution in [-0.2, 0) is 21.2 Å². The summed E-state index contributed by atoms with van der Waals surface area (Å²) >= 11 is 1.38. The first-order valence-electron chi connectivity index (χ1n) is 9.18. The number of anilines is 2. The Morgan fingerprint density at radius 3 is 2.72 bits per heavy atom. The van der Waals surface area contributed by atoms with Crippen LogP contribution in [0.15, 0.2) is 47.5 Å². The van der Waals surface area contributed by atoms with E-state index >= 15 is 0 Å². The standard InChI is InChI=1S/C20H20N4O3S2/c1-13-18(28-20(22-13)23-14(2)25)16-11-15-7-6-10-24(19(15)21-12-16)29(26,27)17-8-4-3-5-9-17/h3-5,8-9,11-12H,6-7,10H2,1-2H3,(H,22,23,25). The van der Waals surface area contributed by atoms with Gasteiger partial charge in [-0.3, -0.25) is 4.79 Å². The smallest absolute Gasteiger partial charge is 0.265 e. The molecule has 0 radical (unpaired) electrons. The first-order chi connectivity index (χ1) is 13.9. The van der Waals surface area contributed by atoms with E-state index in [1.807, 2.05) is 13.0 Å². The maximum atomic E-state index is 13.1. The van der Waals surface area contributed by atoms with Gasteiger partial charge in [0.1, 0.15) is 5.82 Å². The Bertz CT molecular complexity index is 1170. The summed E-state index contributed by atoms with van der Waals surface area (Å²) in [7, 11) is -3.66. The number of nitrogens with zero attached hydrogens (tertiary/aromatic N) is 3. The number of thiazole rings is 1. The number of carbonyl (C=O) groups excluding carboxylic acids is 1. The maximum absolute atomic E-state index is 13.1. The van der Waals surface area contributed by atoms with Crippen LogP contribution >= 0.6 is 11.3 Å². The van der Waals surface area contributed by atoms with Gasteiger partial charge in [-0.1, -0.05) is 29.5 Å². The van der Waals surface area contributed by atoms with E-state index < -0.39 is 10.0 Å². The van der Waals surface area contributed by atoms with Crippen LogP contribution in [0.25, 0.3) is 10.4 Å². The quantitative estimate of drug-likeness (QED) is 0.685. The summed E-state index contributed by atoms with van der Waals surface area (Å²) in [6.45, 7) is 3.73. The molecule has 3 aromatic rings. The summed E-state index contributed by atoms with van der Waals surface area (Å²) in [4.78, 5) is 21.4. The average Bonchev–Trinajstić information content (AvgIpc) is 3.07. The number of sulfonamides is 1. The van der Waals surface area contributed by atoms with Gasteiger partial charge in [-0.15, -0.1) is 0 Å². The zero-order valence-electron chi connectivity index (χ0n) is 16.0. The monoisotopic (exact) mass is 428 g/mol. The molecule has 0 fully saturated rings. The van der Waals surface area contributed by atoms with Crippen molar-refractivity contribution in [3.8, 4) is 10.4 Å². The Balaban J connectivity index is 1.71. The summed E-state index contributed by atoms with van der Waals surface area (Å²) in [5.41, 5.74) is 2.56. The van der Waals surface area contributed by atoms with Crippen LogP contribution in [0.3, 0.4) is 0 Å². The molecule has 0 aliphatic carbocycles. The number of pyridine rings is 1. The third-order valence-corrected chi connectivity index (χ3v) is 7.58. The molecule has 3 heterocycles. The normalized spacial score (nSPS) is 13.8. The van der Waals surface area contributed by atoms with Gasteiger partial charge in [0, 0.05) is 25.2 Å². The number of benzene rings is 1. The predicted octanol–water partition coefficient (Wildman–Crippen LogP) is 3.61. The molecule has 0 saturated carbocycles. The van der Waals surface area contributed by atoms with Crippen LogP contribution in [0, 0.1) is 6.92 Å². The van der Waals surface area contributed by atoms with Crippen LogP contribution in [0.1, 0.15) is 24.6 Å². The fraction of sp³-hybridized carbons (Fsp3) is 0.250. The van der Waals surface area contributed by atoms with Crippen molar-refractivity contribution in [3.05, 3.63) is 53.9 Å². The molecule has 7 nitrogen and oxygen atoms in total. The van der Waals surface area contributed by atoms with Crippen LogP contribution < -0.4 is 9.62 Å². The van der Waals surface area contributed by atoms with E-state index in [0.717, 1.165) is 34.5 Å². The molecule has 1 aromatic carbocycles. The lowest BCUT2D eigenvalue weighted by atomic mass is 10.0. The highest BCUT2D eigenvalue weighted by atomic mass is 32.2. The molecule has 1 amide bonds. The molecule has 29 heavy (non-hydrogen) atoms. The maximum Gasteiger partial charge on any atom is 0.265 e. The van der Waals surface area contributed by atoms with Crippen molar-refractivity contribution in [2.75, 3.05) is 16.2 Å². The fourth-order valence-electron chi connectivity index (χ4n) is 3.38. The highest BCUT2D eigenvalue weighted by Crippen LogP contribution is 2.37. The van der Waals surface area contributed by atoms with Crippen molar-refractivity contribution in [3.63, 3.8) is 0 Å². The van der Waals surface area contributed by atoms with E-state index in [1.165, 1.54) is 22.6 Å². The lowest BCUT2D eigenvalue weighted by Crippen LogP contribution is -2.36. The number of hydrogen-bond acceptors (Lipinski definition) is 6. The van der Waals surface area contributed by atoms with Gasteiger partial charge in [0.25, 0.3) is 10.0 Å². The molecule has 0 atom stereocenters. The zero-order chi connectivity index (χ0) is 20.6. The highest BCUT2D eigenvalue weighted by Gasteiger charge is 2.30. The molecule has 0 spiro atoms. The zero-order valence-corrected chi connectivity index (χ0v) is 17.7. The largest absolute Gasteiger partial charge is 0.302 e. The van der Waals surface area contributed by atoms with Gasteiger partial charge < -0.3 is 5.32 Å². The Kier molecular flexibility index (Phi) is 5.10. The number of aromatic nitrogens is 2. The minimum absolute atomic E-state index is 0.171. The third kappa shape index (κ3) is 3.75. The Labute approximate surface area is 173 Å². The molecule has 0 bridgehead atoms. The minimum Gasteiger partial charge on any atom is -0.302 e. The van der Waals surface area contributed by atoms with Crippen molar-refractivity contribution in [2.24, 2.45) is 0 Å². The summed E-state index contributed by atoms with van der Waals surface area (Å²) in [6, 6.07) is 10.4. The van der Waals surface area contributed by atoms with E-state index in [1.54, 1.807) is 36.5 Å². The molecule has 4 rings (SSSR count). The van der Waals surface area contributed by atoms with Crippen molar-refractivity contribution < 1.29 is 13.2 Å². The third-order valence-electron chi connectivity index (χ3n) is 4.66. The van der Waals surface area contributed by atoms with E-state index in [4.69, 9.17) is 0 Å². The van der Waals surface area contributed by atoms with Gasteiger partial charge in [-0.2, -0.15) is 0 Å². The molecular weight excluding hydrogens is 408 g/mol. The lowest BCUT2D eigenvalue weighted by molar-refractivity contribution is -0.114. The van der Waals surface area contributed by atoms with Crippen LogP contribution in [0.2, 0.25) is 0 Å². The Hall–Kier alpha value is -2.78. The van der Waals surface area contributed by atoms with Gasteiger partial charge in [0.15, 0.2) is 5.13 Å². The van der Waals surface area contributed by atoms with Crippen LogP contribution in [0.5, 0.6) is 0 Å². The average molecular weight is 429 g/mol. The predicted molar refractivity (Wildman–Crippen MR) is 114 cm³/mol. The van der Waals surface area contributed by atoms with E-state index in [-0.39, 0.29) is 10.8 Å². The summed E-state index contributed by atoms with van der Waals surface area (Å²) in [6.07, 6.45) is 3.16. The molecular formula is C20H20N4O3S2. The van der Waals surface area contributed by atoms with Gasteiger partial charge >= 0.3 is 0 Å². The number of rotatable bonds is 4. The second-order valence-corrected chi connectivity index (χ2v) is 9.68.